The van der Waals surface area contributed by atoms with Crippen molar-refractivity contribution in [3.63, 3.8) is 0 Å². The van der Waals surface area contributed by atoms with E-state index in [1.807, 2.05) is 19.9 Å². The fourth-order valence-electron chi connectivity index (χ4n) is 4.34. The maximum Gasteiger partial charge on any atom is 0.418 e. The van der Waals surface area contributed by atoms with Crippen LogP contribution in [0.25, 0.3) is 11.0 Å². The fourth-order valence-corrected chi connectivity index (χ4v) is 4.34. The number of halogens is 3. The molecular weight excluding hydrogens is 407 g/mol. The molecule has 0 aliphatic carbocycles. The highest BCUT2D eigenvalue weighted by atomic mass is 19.4. The molecule has 6 nitrogen and oxygen atoms in total. The normalized spacial score (nSPS) is 22.2. The molecule has 1 saturated heterocycles. The predicted octanol–water partition coefficient (Wildman–Crippen LogP) is 4.73. The third-order valence-corrected chi connectivity index (χ3v) is 5.71. The van der Waals surface area contributed by atoms with Gasteiger partial charge in [-0.05, 0) is 45.7 Å². The Kier molecular flexibility index (Phi) is 5.88. The van der Waals surface area contributed by atoms with Crippen LogP contribution in [0.2, 0.25) is 0 Å². The highest BCUT2D eigenvalue weighted by Gasteiger charge is 2.35. The monoisotopic (exact) mass is 433 g/mol. The smallest absolute Gasteiger partial charge is 0.418 e. The number of aromatic nitrogens is 4. The van der Waals surface area contributed by atoms with Crippen molar-refractivity contribution in [3.8, 4) is 5.75 Å². The van der Waals surface area contributed by atoms with Crippen molar-refractivity contribution < 1.29 is 17.9 Å². The van der Waals surface area contributed by atoms with Gasteiger partial charge in [0.1, 0.15) is 18.7 Å². The number of alkyl halides is 3. The molecule has 1 aliphatic rings. The standard InChI is InChI=1S/C22H26F3N5O/c1-13(2)30-12-28-20-9-17(8-18(21(20)30)22(23,24)25)31-10-16-7-15(6-14(3)29-16)19-4-5-26-11-27-19/h4-5,8-9,11-16,29H,6-7,10H2,1-3H3. The molecule has 31 heavy (non-hydrogen) atoms. The first-order chi connectivity index (χ1) is 14.7. The number of benzene rings is 1. The van der Waals surface area contributed by atoms with Crippen LogP contribution in [0.3, 0.4) is 0 Å². The fraction of sp³-hybridized carbons (Fsp3) is 0.500. The predicted molar refractivity (Wildman–Crippen MR) is 111 cm³/mol. The number of imidazole rings is 1. The molecule has 9 heteroatoms. The molecule has 3 aromatic rings. The summed E-state index contributed by atoms with van der Waals surface area (Å²) in [5.74, 6) is 0.426. The summed E-state index contributed by atoms with van der Waals surface area (Å²) in [6.45, 7) is 6.01. The first-order valence-electron chi connectivity index (χ1n) is 10.4. The van der Waals surface area contributed by atoms with Crippen LogP contribution in [-0.2, 0) is 6.18 Å². The molecule has 2 aromatic heterocycles. The van der Waals surface area contributed by atoms with Crippen LogP contribution in [0.5, 0.6) is 5.75 Å². The van der Waals surface area contributed by atoms with E-state index >= 15 is 0 Å². The third-order valence-electron chi connectivity index (χ3n) is 5.71. The van der Waals surface area contributed by atoms with E-state index in [4.69, 9.17) is 4.74 Å². The van der Waals surface area contributed by atoms with Gasteiger partial charge in [-0.3, -0.25) is 0 Å². The third kappa shape index (κ3) is 4.66. The van der Waals surface area contributed by atoms with Gasteiger partial charge in [0.15, 0.2) is 0 Å². The molecule has 4 rings (SSSR count). The Hall–Kier alpha value is -2.68. The molecule has 166 valence electrons. The van der Waals surface area contributed by atoms with E-state index in [1.165, 1.54) is 12.7 Å². The summed E-state index contributed by atoms with van der Waals surface area (Å²) in [5, 5.41) is 3.48. The van der Waals surface area contributed by atoms with E-state index < -0.39 is 11.7 Å². The second-order valence-corrected chi connectivity index (χ2v) is 8.46. The van der Waals surface area contributed by atoms with Gasteiger partial charge >= 0.3 is 6.18 Å². The largest absolute Gasteiger partial charge is 0.492 e. The zero-order valence-corrected chi connectivity index (χ0v) is 17.7. The first kappa shape index (κ1) is 21.5. The topological polar surface area (TPSA) is 64.9 Å². The Bertz CT molecular complexity index is 1030. The maximum absolute atomic E-state index is 13.8. The number of hydrogen-bond donors (Lipinski definition) is 1. The van der Waals surface area contributed by atoms with Gasteiger partial charge < -0.3 is 14.6 Å². The lowest BCUT2D eigenvalue weighted by Gasteiger charge is -2.34. The summed E-state index contributed by atoms with van der Waals surface area (Å²) >= 11 is 0. The Balaban J connectivity index is 1.55. The molecular formula is C22H26F3N5O. The summed E-state index contributed by atoms with van der Waals surface area (Å²) in [6, 6.07) is 4.69. The number of nitrogens with zero attached hydrogens (tertiary/aromatic N) is 4. The van der Waals surface area contributed by atoms with Crippen LogP contribution in [0, 0.1) is 0 Å². The van der Waals surface area contributed by atoms with E-state index in [0.29, 0.717) is 0 Å². The second kappa shape index (κ2) is 8.45. The van der Waals surface area contributed by atoms with Crippen molar-refractivity contribution in [3.05, 3.63) is 48.3 Å². The first-order valence-corrected chi connectivity index (χ1v) is 10.4. The van der Waals surface area contributed by atoms with Crippen molar-refractivity contribution in [1.29, 1.82) is 0 Å². The molecule has 0 radical (unpaired) electrons. The molecule has 0 saturated carbocycles. The van der Waals surface area contributed by atoms with Crippen LogP contribution in [0.1, 0.15) is 56.8 Å². The number of ether oxygens (including phenoxy) is 1. The lowest BCUT2D eigenvalue weighted by atomic mass is 9.86. The van der Waals surface area contributed by atoms with Gasteiger partial charge in [-0.1, -0.05) is 0 Å². The Morgan fingerprint density at radius 1 is 1.23 bits per heavy atom. The number of fused-ring (bicyclic) bond motifs is 1. The van der Waals surface area contributed by atoms with Crippen molar-refractivity contribution >= 4 is 11.0 Å². The second-order valence-electron chi connectivity index (χ2n) is 8.46. The van der Waals surface area contributed by atoms with Crippen molar-refractivity contribution in [2.75, 3.05) is 6.61 Å². The van der Waals surface area contributed by atoms with Gasteiger partial charge in [0.05, 0.1) is 22.9 Å². The minimum absolute atomic E-state index is 0.00182. The molecule has 0 spiro atoms. The van der Waals surface area contributed by atoms with E-state index in [2.05, 4.69) is 27.2 Å². The molecule has 1 N–H and O–H groups in total. The minimum atomic E-state index is -4.50. The van der Waals surface area contributed by atoms with Crippen LogP contribution in [0.4, 0.5) is 13.2 Å². The molecule has 3 heterocycles. The quantitative estimate of drug-likeness (QED) is 0.630. The van der Waals surface area contributed by atoms with Gasteiger partial charge in [0.2, 0.25) is 0 Å². The average Bonchev–Trinajstić information content (AvgIpc) is 3.15. The number of nitrogens with one attached hydrogen (secondary N) is 1. The van der Waals surface area contributed by atoms with E-state index in [-0.39, 0.29) is 47.4 Å². The zero-order valence-electron chi connectivity index (χ0n) is 17.7. The molecule has 3 atom stereocenters. The minimum Gasteiger partial charge on any atom is -0.492 e. The highest BCUT2D eigenvalue weighted by molar-refractivity contribution is 5.81. The van der Waals surface area contributed by atoms with E-state index in [1.54, 1.807) is 16.8 Å². The maximum atomic E-state index is 13.8. The van der Waals surface area contributed by atoms with E-state index in [0.717, 1.165) is 24.6 Å². The van der Waals surface area contributed by atoms with Crippen molar-refractivity contribution in [2.24, 2.45) is 0 Å². The van der Waals surface area contributed by atoms with Crippen molar-refractivity contribution in [1.82, 2.24) is 24.8 Å². The van der Waals surface area contributed by atoms with Crippen LogP contribution < -0.4 is 10.1 Å². The van der Waals surface area contributed by atoms with Crippen molar-refractivity contribution in [2.45, 2.75) is 63.8 Å². The Labute approximate surface area is 178 Å². The molecule has 1 aliphatic heterocycles. The molecule has 1 fully saturated rings. The number of rotatable bonds is 5. The summed E-state index contributed by atoms with van der Waals surface area (Å²) in [5.41, 5.74) is 0.619. The molecule has 0 bridgehead atoms. The number of piperidine rings is 1. The number of hydrogen-bond acceptors (Lipinski definition) is 5. The van der Waals surface area contributed by atoms with E-state index in [9.17, 15) is 13.2 Å². The van der Waals surface area contributed by atoms with Gasteiger partial charge in [0, 0.05) is 42.0 Å². The Morgan fingerprint density at radius 3 is 2.71 bits per heavy atom. The Morgan fingerprint density at radius 2 is 2.03 bits per heavy atom. The summed E-state index contributed by atoms with van der Waals surface area (Å²) in [4.78, 5) is 12.5. The van der Waals surface area contributed by atoms with Gasteiger partial charge in [-0.15, -0.1) is 0 Å². The average molecular weight is 433 g/mol. The van der Waals surface area contributed by atoms with Gasteiger partial charge in [-0.25, -0.2) is 15.0 Å². The lowest BCUT2D eigenvalue weighted by Crippen LogP contribution is -2.46. The van der Waals surface area contributed by atoms with Gasteiger partial charge in [-0.2, -0.15) is 13.2 Å². The van der Waals surface area contributed by atoms with Crippen LogP contribution in [0.15, 0.2) is 37.1 Å². The SMILES string of the molecule is CC1CC(c2ccncn2)CC(COc2cc(C(F)(F)F)c3c(c2)ncn3C(C)C)N1. The van der Waals surface area contributed by atoms with Crippen LogP contribution in [-0.4, -0.2) is 38.2 Å². The highest BCUT2D eigenvalue weighted by Crippen LogP contribution is 2.38. The molecule has 0 amide bonds. The lowest BCUT2D eigenvalue weighted by molar-refractivity contribution is -0.136. The molecule has 1 aromatic carbocycles. The van der Waals surface area contributed by atoms with Crippen LogP contribution >= 0.6 is 0 Å². The summed E-state index contributed by atoms with van der Waals surface area (Å²) in [6.07, 6.45) is 1.94. The molecule has 3 unspecified atom stereocenters. The van der Waals surface area contributed by atoms with Gasteiger partial charge in [0.25, 0.3) is 0 Å². The summed E-state index contributed by atoms with van der Waals surface area (Å²) < 4.78 is 48.7. The zero-order chi connectivity index (χ0) is 22.2. The summed E-state index contributed by atoms with van der Waals surface area (Å²) in [7, 11) is 0.